The molecule has 16 heavy (non-hydrogen) atoms. The molecule has 0 saturated carbocycles. The van der Waals surface area contributed by atoms with Crippen LogP contribution in [0, 0.1) is 0 Å². The minimum atomic E-state index is -0.265. The Balaban J connectivity index is 2.27. The molecule has 84 valence electrons. The summed E-state index contributed by atoms with van der Waals surface area (Å²) < 4.78 is 5.94. The Morgan fingerprint density at radius 1 is 1.38 bits per heavy atom. The van der Waals surface area contributed by atoms with Gasteiger partial charge in [-0.1, -0.05) is 0 Å². The molecule has 0 spiro atoms. The van der Waals surface area contributed by atoms with Crippen molar-refractivity contribution in [3.05, 3.63) is 38.6 Å². The largest absolute Gasteiger partial charge is 0.480 e. The first-order valence-corrected chi connectivity index (χ1v) is 6.30. The maximum atomic E-state index is 6.09. The first-order valence-electron chi connectivity index (χ1n) is 4.57. The molecule has 1 atom stereocenters. The van der Waals surface area contributed by atoms with Crippen molar-refractivity contribution in [1.29, 1.82) is 0 Å². The van der Waals surface area contributed by atoms with Crippen LogP contribution in [0.1, 0.15) is 17.3 Å². The number of rotatable bonds is 3. The van der Waals surface area contributed by atoms with Crippen LogP contribution in [0.4, 0.5) is 0 Å². The lowest BCUT2D eigenvalue weighted by Gasteiger charge is -2.09. The Morgan fingerprint density at radius 2 is 2.19 bits per heavy atom. The monoisotopic (exact) mass is 299 g/mol. The average molecular weight is 300 g/mol. The van der Waals surface area contributed by atoms with Gasteiger partial charge in [0.25, 0.3) is 0 Å². The first-order chi connectivity index (χ1) is 7.72. The molecule has 0 radical (unpaired) electrons. The molecule has 2 rings (SSSR count). The number of methoxy groups -OCH3 is 1. The molecule has 2 aromatic heterocycles. The summed E-state index contributed by atoms with van der Waals surface area (Å²) in [6, 6.07) is 3.31. The fourth-order valence-corrected chi connectivity index (χ4v) is 2.86. The van der Waals surface area contributed by atoms with Crippen molar-refractivity contribution in [2.75, 3.05) is 7.11 Å². The van der Waals surface area contributed by atoms with Crippen molar-refractivity contribution in [1.82, 2.24) is 10.2 Å². The third-order valence-electron chi connectivity index (χ3n) is 2.17. The normalized spacial score (nSPS) is 12.4. The van der Waals surface area contributed by atoms with E-state index in [0.717, 1.165) is 15.7 Å². The molecular formula is C10H10BrN3OS. The molecule has 2 heterocycles. The molecule has 0 fully saturated rings. The molecule has 0 amide bonds. The number of nitrogens with zero attached hydrogens (tertiary/aromatic N) is 2. The Kier molecular flexibility index (Phi) is 3.52. The Morgan fingerprint density at radius 3 is 2.69 bits per heavy atom. The summed E-state index contributed by atoms with van der Waals surface area (Å²) in [6.07, 6.45) is 0. The van der Waals surface area contributed by atoms with Crippen molar-refractivity contribution >= 4 is 27.3 Å². The number of ether oxygens (including phenoxy) is 1. The third kappa shape index (κ3) is 2.23. The van der Waals surface area contributed by atoms with E-state index in [4.69, 9.17) is 10.5 Å². The summed E-state index contributed by atoms with van der Waals surface area (Å²) in [7, 11) is 1.55. The quantitative estimate of drug-likeness (QED) is 0.945. The Labute approximate surface area is 106 Å². The number of halogens is 1. The molecule has 4 nitrogen and oxygen atoms in total. The summed E-state index contributed by atoms with van der Waals surface area (Å²) in [4.78, 5) is 0. The van der Waals surface area contributed by atoms with Crippen molar-refractivity contribution in [2.45, 2.75) is 6.04 Å². The van der Waals surface area contributed by atoms with Crippen molar-refractivity contribution in [3.8, 4) is 5.88 Å². The van der Waals surface area contributed by atoms with Crippen LogP contribution in [0.25, 0.3) is 0 Å². The highest BCUT2D eigenvalue weighted by Gasteiger charge is 2.14. The molecule has 1 unspecified atom stereocenters. The minimum absolute atomic E-state index is 0.265. The fourth-order valence-electron chi connectivity index (χ4n) is 1.28. The lowest BCUT2D eigenvalue weighted by atomic mass is 10.1. The van der Waals surface area contributed by atoms with E-state index in [1.54, 1.807) is 24.5 Å². The summed E-state index contributed by atoms with van der Waals surface area (Å²) in [5, 5.41) is 11.9. The van der Waals surface area contributed by atoms with Crippen LogP contribution in [0.5, 0.6) is 5.88 Å². The fraction of sp³-hybridized carbons (Fsp3) is 0.200. The molecule has 0 aliphatic carbocycles. The number of nitrogens with two attached hydrogens (primary N) is 1. The van der Waals surface area contributed by atoms with Gasteiger partial charge in [-0.05, 0) is 32.9 Å². The highest BCUT2D eigenvalue weighted by Crippen LogP contribution is 2.29. The van der Waals surface area contributed by atoms with Gasteiger partial charge in [0.1, 0.15) is 0 Å². The lowest BCUT2D eigenvalue weighted by molar-refractivity contribution is 0.390. The van der Waals surface area contributed by atoms with Crippen LogP contribution < -0.4 is 10.5 Å². The highest BCUT2D eigenvalue weighted by molar-refractivity contribution is 9.10. The minimum Gasteiger partial charge on any atom is -0.480 e. The number of hydrogen-bond acceptors (Lipinski definition) is 5. The number of thiophene rings is 1. The van der Waals surface area contributed by atoms with E-state index in [1.807, 2.05) is 16.8 Å². The van der Waals surface area contributed by atoms with Crippen LogP contribution in [-0.4, -0.2) is 17.3 Å². The third-order valence-corrected chi connectivity index (χ3v) is 3.92. The molecular weight excluding hydrogens is 290 g/mol. The molecule has 2 N–H and O–H groups in total. The van der Waals surface area contributed by atoms with Crippen molar-refractivity contribution < 1.29 is 4.74 Å². The van der Waals surface area contributed by atoms with Crippen LogP contribution in [0.15, 0.2) is 27.4 Å². The molecule has 0 saturated heterocycles. The van der Waals surface area contributed by atoms with E-state index in [2.05, 4.69) is 26.1 Å². The maximum absolute atomic E-state index is 6.09. The molecule has 6 heteroatoms. The zero-order chi connectivity index (χ0) is 11.5. The van der Waals surface area contributed by atoms with Gasteiger partial charge in [-0.15, -0.1) is 10.2 Å². The lowest BCUT2D eigenvalue weighted by Crippen LogP contribution is -2.13. The Hall–Kier alpha value is -0.980. The molecule has 2 aromatic rings. The van der Waals surface area contributed by atoms with Gasteiger partial charge in [-0.3, -0.25) is 0 Å². The summed E-state index contributed by atoms with van der Waals surface area (Å²) in [5.74, 6) is 0.486. The van der Waals surface area contributed by atoms with Crippen molar-refractivity contribution in [3.63, 3.8) is 0 Å². The molecule has 0 aliphatic rings. The van der Waals surface area contributed by atoms with Gasteiger partial charge in [0, 0.05) is 15.9 Å². The first kappa shape index (κ1) is 11.5. The van der Waals surface area contributed by atoms with Crippen LogP contribution in [0.2, 0.25) is 0 Å². The smallest absolute Gasteiger partial charge is 0.233 e. The van der Waals surface area contributed by atoms with Crippen LogP contribution in [0.3, 0.4) is 0 Å². The topological polar surface area (TPSA) is 61.0 Å². The standard InChI is InChI=1S/C10H10BrN3OS/c1-15-9-3-2-8(13-14-9)10(12)6-4-16-5-7(6)11/h2-5,10H,12H2,1H3. The second-order valence-corrected chi connectivity index (χ2v) is 4.75. The predicted molar refractivity (Wildman–Crippen MR) is 66.6 cm³/mol. The summed E-state index contributed by atoms with van der Waals surface area (Å²) in [6.45, 7) is 0. The Bertz CT molecular complexity index is 471. The second kappa shape index (κ2) is 4.90. The van der Waals surface area contributed by atoms with Gasteiger partial charge < -0.3 is 10.5 Å². The second-order valence-electron chi connectivity index (χ2n) is 3.15. The van der Waals surface area contributed by atoms with Gasteiger partial charge in [0.15, 0.2) is 0 Å². The van der Waals surface area contributed by atoms with E-state index in [0.29, 0.717) is 5.88 Å². The van der Waals surface area contributed by atoms with Crippen molar-refractivity contribution in [2.24, 2.45) is 5.73 Å². The van der Waals surface area contributed by atoms with E-state index in [-0.39, 0.29) is 6.04 Å². The van der Waals surface area contributed by atoms with Gasteiger partial charge >= 0.3 is 0 Å². The molecule has 0 bridgehead atoms. The number of hydrogen-bond donors (Lipinski definition) is 1. The summed E-state index contributed by atoms with van der Waals surface area (Å²) in [5.41, 5.74) is 7.83. The number of aromatic nitrogens is 2. The summed E-state index contributed by atoms with van der Waals surface area (Å²) >= 11 is 5.05. The van der Waals surface area contributed by atoms with Crippen LogP contribution >= 0.6 is 27.3 Å². The zero-order valence-electron chi connectivity index (χ0n) is 8.55. The SMILES string of the molecule is COc1ccc(C(N)c2cscc2Br)nn1. The molecule has 0 aliphatic heterocycles. The highest BCUT2D eigenvalue weighted by atomic mass is 79.9. The van der Waals surface area contributed by atoms with Gasteiger partial charge in [-0.2, -0.15) is 11.3 Å². The predicted octanol–water partition coefficient (Wildman–Crippen LogP) is 2.36. The van der Waals surface area contributed by atoms with Gasteiger partial charge in [0.2, 0.25) is 5.88 Å². The van der Waals surface area contributed by atoms with E-state index < -0.39 is 0 Å². The maximum Gasteiger partial charge on any atom is 0.233 e. The zero-order valence-corrected chi connectivity index (χ0v) is 11.0. The van der Waals surface area contributed by atoms with Gasteiger partial charge in [-0.25, -0.2) is 0 Å². The average Bonchev–Trinajstić information content (AvgIpc) is 2.75. The van der Waals surface area contributed by atoms with E-state index in [1.165, 1.54) is 0 Å². The van der Waals surface area contributed by atoms with E-state index in [9.17, 15) is 0 Å². The van der Waals surface area contributed by atoms with E-state index >= 15 is 0 Å². The van der Waals surface area contributed by atoms with Gasteiger partial charge in [0.05, 0.1) is 18.8 Å². The molecule has 0 aromatic carbocycles. The van der Waals surface area contributed by atoms with Crippen LogP contribution in [-0.2, 0) is 0 Å².